The molecule has 3 nitrogen and oxygen atoms in total. The highest BCUT2D eigenvalue weighted by Gasteiger charge is 2.30. The van der Waals surface area contributed by atoms with Gasteiger partial charge in [0.25, 0.3) is 0 Å². The van der Waals surface area contributed by atoms with Gasteiger partial charge in [-0.1, -0.05) is 26.0 Å². The monoisotopic (exact) mass is 302 g/mol. The third kappa shape index (κ3) is 3.10. The first-order valence-electron chi connectivity index (χ1n) is 7.80. The minimum atomic E-state index is 0.183. The van der Waals surface area contributed by atoms with Gasteiger partial charge >= 0.3 is 0 Å². The number of thiazole rings is 1. The number of aromatic nitrogens is 1. The molecule has 0 radical (unpaired) electrons. The zero-order chi connectivity index (χ0) is 14.8. The molecule has 1 saturated heterocycles. The van der Waals surface area contributed by atoms with Crippen molar-refractivity contribution in [2.75, 3.05) is 6.54 Å². The summed E-state index contributed by atoms with van der Waals surface area (Å²) in [7, 11) is 0. The number of fused-ring (bicyclic) bond motifs is 1. The van der Waals surface area contributed by atoms with Gasteiger partial charge in [-0.05, 0) is 37.3 Å². The number of likely N-dealkylation sites (tertiary alicyclic amines) is 1. The lowest BCUT2D eigenvalue weighted by atomic mass is 10.0. The van der Waals surface area contributed by atoms with Crippen LogP contribution >= 0.6 is 11.3 Å². The Labute approximate surface area is 130 Å². The fourth-order valence-electron chi connectivity index (χ4n) is 2.99. The number of nitrogens with zero attached hydrogens (tertiary/aromatic N) is 2. The molecule has 1 aliphatic rings. The minimum Gasteiger partial charge on any atom is -0.333 e. The SMILES string of the molecule is CC(C)CC(=O)N1CCCCC1c1nc2ccccc2s1. The minimum absolute atomic E-state index is 0.183. The average molecular weight is 302 g/mol. The van der Waals surface area contributed by atoms with E-state index in [1.165, 1.54) is 11.1 Å². The molecule has 2 heterocycles. The summed E-state index contributed by atoms with van der Waals surface area (Å²) >= 11 is 1.74. The summed E-state index contributed by atoms with van der Waals surface area (Å²) in [4.78, 5) is 19.4. The fraction of sp³-hybridized carbons (Fsp3) is 0.529. The molecule has 0 spiro atoms. The maximum Gasteiger partial charge on any atom is 0.223 e. The summed E-state index contributed by atoms with van der Waals surface area (Å²) in [5.74, 6) is 0.699. The third-order valence-corrected chi connectivity index (χ3v) is 5.14. The van der Waals surface area contributed by atoms with Gasteiger partial charge in [-0.2, -0.15) is 0 Å². The number of hydrogen-bond acceptors (Lipinski definition) is 3. The molecule has 0 bridgehead atoms. The summed E-state index contributed by atoms with van der Waals surface area (Å²) in [6.45, 7) is 5.09. The summed E-state index contributed by atoms with van der Waals surface area (Å²) in [5, 5.41) is 1.10. The van der Waals surface area contributed by atoms with E-state index in [9.17, 15) is 4.79 Å². The highest BCUT2D eigenvalue weighted by Crippen LogP contribution is 2.36. The molecule has 0 N–H and O–H groups in total. The van der Waals surface area contributed by atoms with Gasteiger partial charge in [0.05, 0.1) is 16.3 Å². The molecule has 1 unspecified atom stereocenters. The zero-order valence-corrected chi connectivity index (χ0v) is 13.5. The third-order valence-electron chi connectivity index (χ3n) is 4.00. The number of rotatable bonds is 3. The first kappa shape index (κ1) is 14.5. The molecule has 1 amide bonds. The summed E-state index contributed by atoms with van der Waals surface area (Å²) < 4.78 is 1.22. The van der Waals surface area contributed by atoms with Crippen molar-refractivity contribution in [3.05, 3.63) is 29.3 Å². The second-order valence-corrected chi connectivity index (χ2v) is 7.28. The molecule has 1 aromatic carbocycles. The predicted molar refractivity (Wildman–Crippen MR) is 87.4 cm³/mol. The van der Waals surface area contributed by atoms with E-state index in [1.807, 2.05) is 12.1 Å². The number of hydrogen-bond donors (Lipinski definition) is 0. The van der Waals surface area contributed by atoms with Gasteiger partial charge in [-0.25, -0.2) is 4.98 Å². The van der Waals surface area contributed by atoms with E-state index < -0.39 is 0 Å². The lowest BCUT2D eigenvalue weighted by Crippen LogP contribution is -2.38. The van der Waals surface area contributed by atoms with E-state index in [0.717, 1.165) is 29.9 Å². The van der Waals surface area contributed by atoms with Gasteiger partial charge in [-0.15, -0.1) is 11.3 Å². The van der Waals surface area contributed by atoms with Crippen molar-refractivity contribution in [1.82, 2.24) is 9.88 Å². The first-order valence-corrected chi connectivity index (χ1v) is 8.61. The van der Waals surface area contributed by atoms with Crippen LogP contribution in [0.15, 0.2) is 24.3 Å². The van der Waals surface area contributed by atoms with Crippen LogP contribution in [0.4, 0.5) is 0 Å². The molecular formula is C17H22N2OS. The maximum absolute atomic E-state index is 12.5. The first-order chi connectivity index (χ1) is 10.1. The maximum atomic E-state index is 12.5. The molecule has 4 heteroatoms. The van der Waals surface area contributed by atoms with Crippen LogP contribution in [0, 0.1) is 5.92 Å². The van der Waals surface area contributed by atoms with E-state index >= 15 is 0 Å². The van der Waals surface area contributed by atoms with Crippen molar-refractivity contribution >= 4 is 27.5 Å². The molecule has 0 saturated carbocycles. The van der Waals surface area contributed by atoms with Crippen LogP contribution in [0.5, 0.6) is 0 Å². The van der Waals surface area contributed by atoms with Crippen molar-refractivity contribution in [2.24, 2.45) is 5.92 Å². The molecule has 112 valence electrons. The lowest BCUT2D eigenvalue weighted by molar-refractivity contribution is -0.135. The van der Waals surface area contributed by atoms with Crippen molar-refractivity contribution in [1.29, 1.82) is 0 Å². The number of benzene rings is 1. The van der Waals surface area contributed by atoms with E-state index in [1.54, 1.807) is 11.3 Å². The highest BCUT2D eigenvalue weighted by molar-refractivity contribution is 7.18. The Balaban J connectivity index is 1.88. The van der Waals surface area contributed by atoms with Gasteiger partial charge in [0.2, 0.25) is 5.91 Å². The molecule has 2 aromatic rings. The lowest BCUT2D eigenvalue weighted by Gasteiger charge is -2.35. The van der Waals surface area contributed by atoms with Crippen LogP contribution in [0.1, 0.15) is 50.6 Å². The number of para-hydroxylation sites is 1. The summed E-state index contributed by atoms with van der Waals surface area (Å²) in [6.07, 6.45) is 3.99. The van der Waals surface area contributed by atoms with Gasteiger partial charge in [0.1, 0.15) is 5.01 Å². The largest absolute Gasteiger partial charge is 0.333 e. The molecule has 3 rings (SSSR count). The summed E-state index contributed by atoms with van der Waals surface area (Å²) in [5.41, 5.74) is 1.05. The Morgan fingerprint density at radius 3 is 2.95 bits per heavy atom. The topological polar surface area (TPSA) is 33.2 Å². The molecular weight excluding hydrogens is 280 g/mol. The predicted octanol–water partition coefficient (Wildman–Crippen LogP) is 4.40. The van der Waals surface area contributed by atoms with Crippen molar-refractivity contribution in [2.45, 2.75) is 45.6 Å². The van der Waals surface area contributed by atoms with Crippen LogP contribution in [0.2, 0.25) is 0 Å². The van der Waals surface area contributed by atoms with Crippen LogP contribution in [-0.2, 0) is 4.79 Å². The molecule has 1 aliphatic heterocycles. The number of carbonyl (C=O) groups excluding carboxylic acids is 1. The van der Waals surface area contributed by atoms with Gasteiger partial charge in [0.15, 0.2) is 0 Å². The quantitative estimate of drug-likeness (QED) is 0.842. The van der Waals surface area contributed by atoms with Crippen LogP contribution < -0.4 is 0 Å². The average Bonchev–Trinajstić information content (AvgIpc) is 2.90. The van der Waals surface area contributed by atoms with E-state index in [0.29, 0.717) is 12.3 Å². The van der Waals surface area contributed by atoms with E-state index in [4.69, 9.17) is 4.98 Å². The van der Waals surface area contributed by atoms with Crippen LogP contribution in [0.3, 0.4) is 0 Å². The summed E-state index contributed by atoms with van der Waals surface area (Å²) in [6, 6.07) is 8.42. The van der Waals surface area contributed by atoms with Crippen molar-refractivity contribution < 1.29 is 4.79 Å². The Hall–Kier alpha value is -1.42. The van der Waals surface area contributed by atoms with Gasteiger partial charge in [-0.3, -0.25) is 4.79 Å². The van der Waals surface area contributed by atoms with Crippen LogP contribution in [0.25, 0.3) is 10.2 Å². The van der Waals surface area contributed by atoms with Gasteiger partial charge < -0.3 is 4.90 Å². The zero-order valence-electron chi connectivity index (χ0n) is 12.7. The van der Waals surface area contributed by atoms with Crippen molar-refractivity contribution in [3.63, 3.8) is 0 Å². The highest BCUT2D eigenvalue weighted by atomic mass is 32.1. The molecule has 1 atom stereocenters. The normalized spacial score (nSPS) is 19.4. The Morgan fingerprint density at radius 1 is 1.38 bits per heavy atom. The molecule has 21 heavy (non-hydrogen) atoms. The fourth-order valence-corrected chi connectivity index (χ4v) is 4.10. The second-order valence-electron chi connectivity index (χ2n) is 6.22. The van der Waals surface area contributed by atoms with Crippen molar-refractivity contribution in [3.8, 4) is 0 Å². The Morgan fingerprint density at radius 2 is 2.19 bits per heavy atom. The molecule has 1 fully saturated rings. The smallest absolute Gasteiger partial charge is 0.223 e. The number of amides is 1. The second kappa shape index (κ2) is 6.14. The number of piperidine rings is 1. The van der Waals surface area contributed by atoms with E-state index in [-0.39, 0.29) is 11.9 Å². The van der Waals surface area contributed by atoms with E-state index in [2.05, 4.69) is 30.9 Å². The molecule has 1 aromatic heterocycles. The Kier molecular flexibility index (Phi) is 4.24. The Bertz CT molecular complexity index is 602. The molecule has 0 aliphatic carbocycles. The standard InChI is InChI=1S/C17H22N2OS/c1-12(2)11-16(20)19-10-6-5-8-14(19)17-18-13-7-3-4-9-15(13)21-17/h3-4,7,9,12,14H,5-6,8,10-11H2,1-2H3. The van der Waals surface area contributed by atoms with Gasteiger partial charge in [0, 0.05) is 13.0 Å². The van der Waals surface area contributed by atoms with Crippen LogP contribution in [-0.4, -0.2) is 22.3 Å². The number of carbonyl (C=O) groups is 1.